The quantitative estimate of drug-likeness (QED) is 0.317. The van der Waals surface area contributed by atoms with Crippen LogP contribution in [0, 0.1) is 18.8 Å². The van der Waals surface area contributed by atoms with Crippen molar-refractivity contribution in [3.63, 3.8) is 0 Å². The van der Waals surface area contributed by atoms with Gasteiger partial charge in [-0.3, -0.25) is 0 Å². The molecule has 0 aromatic rings. The summed E-state index contributed by atoms with van der Waals surface area (Å²) < 4.78 is 0. The highest BCUT2D eigenvalue weighted by Gasteiger charge is 2.05. The molecule has 0 N–H and O–H groups in total. The molecule has 0 heterocycles. The standard InChI is InChI=1S/C18H37/c1-5-6-7-8-9-10-11-12-13-14-15-16-18(4)17(2)3/h17-18H,2,5-16H2,1,3-4H3. The molecule has 2 atom stereocenters. The van der Waals surface area contributed by atoms with E-state index < -0.39 is 0 Å². The fraction of sp³-hybridized carbons (Fsp3) is 0.944. The van der Waals surface area contributed by atoms with E-state index in [-0.39, 0.29) is 0 Å². The molecular weight excluding hydrogens is 216 g/mol. The molecule has 0 aliphatic heterocycles. The van der Waals surface area contributed by atoms with E-state index in [4.69, 9.17) is 0 Å². The average molecular weight is 253 g/mol. The van der Waals surface area contributed by atoms with E-state index in [1.54, 1.807) is 0 Å². The fourth-order valence-corrected chi connectivity index (χ4v) is 2.42. The number of hydrogen-bond donors (Lipinski definition) is 0. The molecule has 109 valence electrons. The Morgan fingerprint density at radius 1 is 0.667 bits per heavy atom. The minimum Gasteiger partial charge on any atom is -0.0654 e. The molecule has 0 aromatic heterocycles. The summed E-state index contributed by atoms with van der Waals surface area (Å²) in [5, 5.41) is 0. The molecule has 1 radical (unpaired) electrons. The van der Waals surface area contributed by atoms with Crippen LogP contribution < -0.4 is 0 Å². The van der Waals surface area contributed by atoms with Gasteiger partial charge in [-0.25, -0.2) is 0 Å². The van der Waals surface area contributed by atoms with E-state index in [9.17, 15) is 0 Å². The Hall–Kier alpha value is 0. The van der Waals surface area contributed by atoms with Crippen molar-refractivity contribution in [1.82, 2.24) is 0 Å². The van der Waals surface area contributed by atoms with Crippen molar-refractivity contribution in [2.45, 2.75) is 97.8 Å². The SMILES string of the molecule is [CH2]C(C)C(C)CCCCCCCCCCCCC. The third-order valence-corrected chi connectivity index (χ3v) is 4.23. The number of unbranched alkanes of at least 4 members (excludes halogenated alkanes) is 10. The topological polar surface area (TPSA) is 0 Å². The molecule has 0 heteroatoms. The van der Waals surface area contributed by atoms with Gasteiger partial charge < -0.3 is 0 Å². The molecule has 2 unspecified atom stereocenters. The van der Waals surface area contributed by atoms with Crippen LogP contribution in [0.25, 0.3) is 0 Å². The highest BCUT2D eigenvalue weighted by atomic mass is 14.1. The van der Waals surface area contributed by atoms with Gasteiger partial charge in [0.05, 0.1) is 0 Å². The second-order valence-corrected chi connectivity index (χ2v) is 6.28. The third kappa shape index (κ3) is 12.5. The lowest BCUT2D eigenvalue weighted by Crippen LogP contribution is -2.03. The monoisotopic (exact) mass is 253 g/mol. The molecule has 0 fully saturated rings. The summed E-state index contributed by atoms with van der Waals surface area (Å²) in [6.45, 7) is 11.0. The maximum absolute atomic E-state index is 4.11. The van der Waals surface area contributed by atoms with Gasteiger partial charge in [-0.2, -0.15) is 0 Å². The van der Waals surface area contributed by atoms with Gasteiger partial charge >= 0.3 is 0 Å². The zero-order valence-corrected chi connectivity index (χ0v) is 13.3. The highest BCUT2D eigenvalue weighted by molar-refractivity contribution is 4.63. The zero-order valence-electron chi connectivity index (χ0n) is 13.3. The van der Waals surface area contributed by atoms with Gasteiger partial charge in [0, 0.05) is 0 Å². The van der Waals surface area contributed by atoms with Crippen LogP contribution in [0.2, 0.25) is 0 Å². The summed E-state index contributed by atoms with van der Waals surface area (Å²) in [6, 6.07) is 0. The van der Waals surface area contributed by atoms with E-state index in [0.29, 0.717) is 5.92 Å². The Balaban J connectivity index is 3.03. The lowest BCUT2D eigenvalue weighted by molar-refractivity contribution is 0.402. The summed E-state index contributed by atoms with van der Waals surface area (Å²) >= 11 is 0. The molecule has 18 heavy (non-hydrogen) atoms. The first-order valence-electron chi connectivity index (χ1n) is 8.51. The first-order chi connectivity index (χ1) is 8.68. The van der Waals surface area contributed by atoms with Crippen LogP contribution in [-0.4, -0.2) is 0 Å². The summed E-state index contributed by atoms with van der Waals surface area (Å²) in [4.78, 5) is 0. The Morgan fingerprint density at radius 3 is 1.44 bits per heavy atom. The summed E-state index contributed by atoms with van der Waals surface area (Å²) in [6.07, 6.45) is 17.3. The lowest BCUT2D eigenvalue weighted by atomic mass is 9.92. The lowest BCUT2D eigenvalue weighted by Gasteiger charge is -2.14. The van der Waals surface area contributed by atoms with Crippen molar-refractivity contribution in [1.29, 1.82) is 0 Å². The van der Waals surface area contributed by atoms with Crippen LogP contribution in [0.15, 0.2) is 0 Å². The molecule has 0 rings (SSSR count). The summed E-state index contributed by atoms with van der Waals surface area (Å²) in [5.74, 6) is 1.43. The van der Waals surface area contributed by atoms with Crippen molar-refractivity contribution < 1.29 is 0 Å². The van der Waals surface area contributed by atoms with Crippen molar-refractivity contribution >= 4 is 0 Å². The minimum atomic E-state index is 0.619. The third-order valence-electron chi connectivity index (χ3n) is 4.23. The molecule has 0 aromatic carbocycles. The van der Waals surface area contributed by atoms with Gasteiger partial charge in [-0.15, -0.1) is 0 Å². The highest BCUT2D eigenvalue weighted by Crippen LogP contribution is 2.18. The maximum Gasteiger partial charge on any atom is -0.0417 e. The van der Waals surface area contributed by atoms with E-state index in [0.717, 1.165) is 5.92 Å². The molecule has 0 nitrogen and oxygen atoms in total. The fourth-order valence-electron chi connectivity index (χ4n) is 2.42. The smallest absolute Gasteiger partial charge is 0.0417 e. The Morgan fingerprint density at radius 2 is 1.06 bits per heavy atom. The van der Waals surface area contributed by atoms with E-state index in [2.05, 4.69) is 27.7 Å². The first-order valence-corrected chi connectivity index (χ1v) is 8.51. The first kappa shape index (κ1) is 18.0. The number of hydrogen-bond acceptors (Lipinski definition) is 0. The van der Waals surface area contributed by atoms with Gasteiger partial charge in [0.25, 0.3) is 0 Å². The molecular formula is C18H37. The predicted octanol–water partition coefficient (Wildman–Crippen LogP) is 6.79. The molecule has 0 amide bonds. The Bertz CT molecular complexity index is 148. The minimum absolute atomic E-state index is 0.619. The normalized spacial score (nSPS) is 13.2. The second-order valence-electron chi connectivity index (χ2n) is 6.28. The molecule has 0 saturated carbocycles. The van der Waals surface area contributed by atoms with E-state index in [1.807, 2.05) is 0 Å². The molecule has 0 aliphatic rings. The Kier molecular flexibility index (Phi) is 13.4. The van der Waals surface area contributed by atoms with Gasteiger partial charge in [0.1, 0.15) is 0 Å². The second kappa shape index (κ2) is 13.4. The molecule has 0 aliphatic carbocycles. The van der Waals surface area contributed by atoms with Gasteiger partial charge in [0.15, 0.2) is 0 Å². The van der Waals surface area contributed by atoms with Crippen molar-refractivity contribution in [3.05, 3.63) is 6.92 Å². The van der Waals surface area contributed by atoms with E-state index >= 15 is 0 Å². The maximum atomic E-state index is 4.11. The largest absolute Gasteiger partial charge is 0.0654 e. The van der Waals surface area contributed by atoms with Crippen molar-refractivity contribution in [2.75, 3.05) is 0 Å². The predicted molar refractivity (Wildman–Crippen MR) is 84.8 cm³/mol. The summed E-state index contributed by atoms with van der Waals surface area (Å²) in [5.41, 5.74) is 0. The van der Waals surface area contributed by atoms with Crippen LogP contribution >= 0.6 is 0 Å². The van der Waals surface area contributed by atoms with Gasteiger partial charge in [-0.1, -0.05) is 105 Å². The molecule has 0 saturated heterocycles. The molecule has 0 spiro atoms. The van der Waals surface area contributed by atoms with Crippen LogP contribution in [0.3, 0.4) is 0 Å². The van der Waals surface area contributed by atoms with Crippen LogP contribution in [-0.2, 0) is 0 Å². The average Bonchev–Trinajstić information content (AvgIpc) is 2.35. The van der Waals surface area contributed by atoms with Crippen LogP contribution in [0.5, 0.6) is 0 Å². The molecule has 0 bridgehead atoms. The summed E-state index contributed by atoms with van der Waals surface area (Å²) in [7, 11) is 0. The number of rotatable bonds is 13. The Labute approximate surface area is 117 Å². The van der Waals surface area contributed by atoms with Gasteiger partial charge in [-0.05, 0) is 11.8 Å². The van der Waals surface area contributed by atoms with Crippen LogP contribution in [0.4, 0.5) is 0 Å². The van der Waals surface area contributed by atoms with Crippen LogP contribution in [0.1, 0.15) is 97.8 Å². The van der Waals surface area contributed by atoms with Crippen molar-refractivity contribution in [3.8, 4) is 0 Å². The van der Waals surface area contributed by atoms with E-state index in [1.165, 1.54) is 77.0 Å². The zero-order chi connectivity index (χ0) is 13.6. The van der Waals surface area contributed by atoms with Gasteiger partial charge in [0.2, 0.25) is 0 Å². The van der Waals surface area contributed by atoms with Crippen molar-refractivity contribution in [2.24, 2.45) is 11.8 Å².